The van der Waals surface area contributed by atoms with Gasteiger partial charge in [-0.3, -0.25) is 10.3 Å². The smallest absolute Gasteiger partial charge is 0.0679 e. The summed E-state index contributed by atoms with van der Waals surface area (Å²) in [5, 5.41) is 12.6. The summed E-state index contributed by atoms with van der Waals surface area (Å²) in [4.78, 5) is 0. The van der Waals surface area contributed by atoms with Gasteiger partial charge < -0.3 is 0 Å². The molecule has 4 aliphatic carbocycles. The third-order valence-electron chi connectivity index (χ3n) is 5.80. The Kier molecular flexibility index (Phi) is 2.47. The molecule has 0 radical (unpaired) electrons. The first-order valence-corrected chi connectivity index (χ1v) is 7.71. The van der Waals surface area contributed by atoms with Gasteiger partial charge in [0.15, 0.2) is 0 Å². The molecule has 0 unspecified atom stereocenters. The molecular formula is C17H23NO. The fourth-order valence-corrected chi connectivity index (χ4v) is 5.38. The second-order valence-electron chi connectivity index (χ2n) is 7.24. The molecule has 0 atom stereocenters. The van der Waals surface area contributed by atoms with Crippen LogP contribution in [0.2, 0.25) is 0 Å². The zero-order chi connectivity index (χ0) is 13.0. The van der Waals surface area contributed by atoms with Crippen molar-refractivity contribution < 1.29 is 5.21 Å². The third-order valence-corrected chi connectivity index (χ3v) is 5.80. The van der Waals surface area contributed by atoms with Gasteiger partial charge >= 0.3 is 0 Å². The van der Waals surface area contributed by atoms with Gasteiger partial charge in [-0.25, -0.2) is 0 Å². The maximum absolute atomic E-state index is 10.9. The molecule has 5 rings (SSSR count). The molecule has 102 valence electrons. The van der Waals surface area contributed by atoms with Crippen molar-refractivity contribution in [3.05, 3.63) is 29.8 Å². The monoisotopic (exact) mass is 257 g/mol. The van der Waals surface area contributed by atoms with Crippen LogP contribution in [-0.2, 0) is 0 Å². The molecule has 4 saturated carbocycles. The van der Waals surface area contributed by atoms with Gasteiger partial charge in [0.05, 0.1) is 11.2 Å². The normalized spacial score (nSPS) is 39.6. The minimum atomic E-state index is 0.0425. The molecule has 2 heteroatoms. The fourth-order valence-electron chi connectivity index (χ4n) is 5.38. The number of para-hydroxylation sites is 1. The summed E-state index contributed by atoms with van der Waals surface area (Å²) < 4.78 is 0. The molecule has 0 heterocycles. The minimum Gasteiger partial charge on any atom is -0.288 e. The van der Waals surface area contributed by atoms with E-state index in [0.29, 0.717) is 0 Å². The Morgan fingerprint density at radius 1 is 1.00 bits per heavy atom. The molecule has 4 fully saturated rings. The van der Waals surface area contributed by atoms with E-state index in [4.69, 9.17) is 0 Å². The summed E-state index contributed by atoms with van der Waals surface area (Å²) in [5.74, 6) is 2.60. The molecule has 0 amide bonds. The van der Waals surface area contributed by atoms with E-state index in [1.807, 2.05) is 12.1 Å². The van der Waals surface area contributed by atoms with E-state index in [2.05, 4.69) is 19.1 Å². The van der Waals surface area contributed by atoms with Gasteiger partial charge in [-0.2, -0.15) is 0 Å². The number of hydrogen-bond donors (Lipinski definition) is 1. The van der Waals surface area contributed by atoms with E-state index >= 15 is 0 Å². The van der Waals surface area contributed by atoms with Crippen molar-refractivity contribution in [2.24, 2.45) is 17.8 Å². The lowest BCUT2D eigenvalue weighted by Gasteiger charge is -2.59. The molecular weight excluding hydrogens is 234 g/mol. The van der Waals surface area contributed by atoms with E-state index in [1.54, 1.807) is 5.06 Å². The van der Waals surface area contributed by atoms with Crippen molar-refractivity contribution in [3.63, 3.8) is 0 Å². The van der Waals surface area contributed by atoms with Crippen molar-refractivity contribution in [2.45, 2.75) is 51.0 Å². The van der Waals surface area contributed by atoms with Gasteiger partial charge in [0.1, 0.15) is 0 Å². The average Bonchev–Trinajstić information content (AvgIpc) is 2.37. The van der Waals surface area contributed by atoms with Gasteiger partial charge in [-0.05, 0) is 74.8 Å². The fraction of sp³-hybridized carbons (Fsp3) is 0.647. The zero-order valence-corrected chi connectivity index (χ0v) is 11.7. The van der Waals surface area contributed by atoms with Gasteiger partial charge in [0, 0.05) is 0 Å². The standard InChI is InChI=1S/C17H23NO/c1-12-4-2-3-5-16(12)18(19)17-9-13-6-14(10-17)8-15(7-13)11-17/h2-5,13-15,19H,6-11H2,1H3. The molecule has 1 aromatic rings. The Morgan fingerprint density at radius 3 is 2.05 bits per heavy atom. The number of rotatable bonds is 2. The second-order valence-corrected chi connectivity index (χ2v) is 7.24. The minimum absolute atomic E-state index is 0.0425. The van der Waals surface area contributed by atoms with Crippen LogP contribution in [0.4, 0.5) is 5.69 Å². The highest BCUT2D eigenvalue weighted by Gasteiger charge is 2.54. The lowest BCUT2D eigenvalue weighted by Crippen LogP contribution is -2.59. The van der Waals surface area contributed by atoms with Crippen LogP contribution in [0.15, 0.2) is 24.3 Å². The Labute approximate surface area is 115 Å². The summed E-state index contributed by atoms with van der Waals surface area (Å²) in [6.07, 6.45) is 7.85. The summed E-state index contributed by atoms with van der Waals surface area (Å²) in [6.45, 7) is 2.10. The Morgan fingerprint density at radius 2 is 1.53 bits per heavy atom. The number of nitrogens with zero attached hydrogens (tertiary/aromatic N) is 1. The van der Waals surface area contributed by atoms with Crippen molar-refractivity contribution in [3.8, 4) is 0 Å². The van der Waals surface area contributed by atoms with Crippen LogP contribution in [0.1, 0.15) is 44.1 Å². The van der Waals surface area contributed by atoms with Crippen LogP contribution in [-0.4, -0.2) is 10.7 Å². The number of hydroxylamine groups is 1. The van der Waals surface area contributed by atoms with Gasteiger partial charge in [-0.15, -0.1) is 0 Å². The Balaban J connectivity index is 1.70. The van der Waals surface area contributed by atoms with Crippen LogP contribution in [0, 0.1) is 24.7 Å². The van der Waals surface area contributed by atoms with Gasteiger partial charge in [0.2, 0.25) is 0 Å². The molecule has 0 spiro atoms. The maximum atomic E-state index is 10.9. The summed E-state index contributed by atoms with van der Waals surface area (Å²) in [7, 11) is 0. The molecule has 4 aliphatic rings. The molecule has 0 aliphatic heterocycles. The summed E-state index contributed by atoms with van der Waals surface area (Å²) in [6, 6.07) is 8.24. The second kappa shape index (κ2) is 3.99. The lowest BCUT2D eigenvalue weighted by atomic mass is 9.53. The molecule has 1 N–H and O–H groups in total. The first kappa shape index (κ1) is 11.8. The Hall–Kier alpha value is -1.02. The number of hydrogen-bond acceptors (Lipinski definition) is 2. The highest BCUT2D eigenvalue weighted by Crippen LogP contribution is 2.58. The molecule has 0 aromatic heterocycles. The van der Waals surface area contributed by atoms with Crippen molar-refractivity contribution >= 4 is 5.69 Å². The van der Waals surface area contributed by atoms with E-state index < -0.39 is 0 Å². The van der Waals surface area contributed by atoms with Gasteiger partial charge in [-0.1, -0.05) is 18.2 Å². The van der Waals surface area contributed by atoms with Crippen LogP contribution in [0.25, 0.3) is 0 Å². The average molecular weight is 257 g/mol. The largest absolute Gasteiger partial charge is 0.288 e. The van der Waals surface area contributed by atoms with E-state index in [-0.39, 0.29) is 5.54 Å². The summed E-state index contributed by atoms with van der Waals surface area (Å²) >= 11 is 0. The van der Waals surface area contributed by atoms with Crippen LogP contribution >= 0.6 is 0 Å². The highest BCUT2D eigenvalue weighted by molar-refractivity contribution is 5.53. The van der Waals surface area contributed by atoms with E-state index in [1.165, 1.54) is 44.1 Å². The number of benzene rings is 1. The summed E-state index contributed by atoms with van der Waals surface area (Å²) in [5.41, 5.74) is 2.24. The lowest BCUT2D eigenvalue weighted by molar-refractivity contribution is -0.0422. The SMILES string of the molecule is Cc1ccccc1N(O)C12CC3CC(CC(C3)C1)C2. The molecule has 1 aromatic carbocycles. The first-order chi connectivity index (χ1) is 9.16. The van der Waals surface area contributed by atoms with Crippen molar-refractivity contribution in [1.29, 1.82) is 0 Å². The topological polar surface area (TPSA) is 23.5 Å². The van der Waals surface area contributed by atoms with E-state index in [0.717, 1.165) is 23.4 Å². The zero-order valence-electron chi connectivity index (χ0n) is 11.7. The van der Waals surface area contributed by atoms with Crippen LogP contribution in [0.5, 0.6) is 0 Å². The molecule has 19 heavy (non-hydrogen) atoms. The molecule has 4 bridgehead atoms. The molecule has 2 nitrogen and oxygen atoms in total. The predicted octanol–water partition coefficient (Wildman–Crippen LogP) is 4.16. The van der Waals surface area contributed by atoms with Crippen LogP contribution < -0.4 is 5.06 Å². The van der Waals surface area contributed by atoms with E-state index in [9.17, 15) is 5.21 Å². The highest BCUT2D eigenvalue weighted by atomic mass is 16.5. The quantitative estimate of drug-likeness (QED) is 0.804. The van der Waals surface area contributed by atoms with Crippen LogP contribution in [0.3, 0.4) is 0 Å². The van der Waals surface area contributed by atoms with Crippen molar-refractivity contribution in [1.82, 2.24) is 0 Å². The maximum Gasteiger partial charge on any atom is 0.0679 e. The number of aryl methyl sites for hydroxylation is 1. The Bertz CT molecular complexity index is 461. The predicted molar refractivity (Wildman–Crippen MR) is 76.3 cm³/mol. The molecule has 0 saturated heterocycles. The first-order valence-electron chi connectivity index (χ1n) is 7.71. The van der Waals surface area contributed by atoms with Crippen molar-refractivity contribution in [2.75, 3.05) is 5.06 Å². The number of anilines is 1. The van der Waals surface area contributed by atoms with Gasteiger partial charge in [0.25, 0.3) is 0 Å². The third kappa shape index (κ3) is 1.73.